The summed E-state index contributed by atoms with van der Waals surface area (Å²) in [5.41, 5.74) is 6.63. The van der Waals surface area contributed by atoms with Crippen molar-refractivity contribution in [1.29, 1.82) is 0 Å². The molecule has 1 amide bonds. The van der Waals surface area contributed by atoms with Crippen LogP contribution in [0.2, 0.25) is 5.02 Å². The first kappa shape index (κ1) is 12.2. The summed E-state index contributed by atoms with van der Waals surface area (Å²) in [6, 6.07) is 5.10. The Labute approximate surface area is 105 Å². The number of ether oxygens (including phenoxy) is 1. The van der Waals surface area contributed by atoms with E-state index in [4.69, 9.17) is 22.1 Å². The highest BCUT2D eigenvalue weighted by molar-refractivity contribution is 6.34. The van der Waals surface area contributed by atoms with Crippen LogP contribution in [0.1, 0.15) is 16.8 Å². The second kappa shape index (κ2) is 5.38. The lowest BCUT2D eigenvalue weighted by molar-refractivity contribution is 0.0742. The van der Waals surface area contributed by atoms with Crippen molar-refractivity contribution in [1.82, 2.24) is 4.90 Å². The van der Waals surface area contributed by atoms with Crippen LogP contribution in [0.5, 0.6) is 0 Å². The van der Waals surface area contributed by atoms with Crippen LogP contribution in [0.4, 0.5) is 5.69 Å². The van der Waals surface area contributed by atoms with Crippen molar-refractivity contribution in [3.8, 4) is 0 Å². The van der Waals surface area contributed by atoms with Gasteiger partial charge in [-0.2, -0.15) is 0 Å². The number of nitrogens with two attached hydrogens (primary N) is 1. The Balaban J connectivity index is 2.23. The zero-order valence-corrected chi connectivity index (χ0v) is 10.2. The quantitative estimate of drug-likeness (QED) is 0.778. The van der Waals surface area contributed by atoms with Crippen LogP contribution >= 0.6 is 11.6 Å². The first-order valence-electron chi connectivity index (χ1n) is 5.61. The van der Waals surface area contributed by atoms with E-state index in [9.17, 15) is 4.79 Å². The van der Waals surface area contributed by atoms with Crippen LogP contribution in [0.3, 0.4) is 0 Å². The molecule has 2 rings (SSSR count). The van der Waals surface area contributed by atoms with Crippen LogP contribution in [0.15, 0.2) is 18.2 Å². The molecule has 0 spiro atoms. The average molecular weight is 255 g/mol. The lowest BCUT2D eigenvalue weighted by Crippen LogP contribution is -2.33. The van der Waals surface area contributed by atoms with Crippen LogP contribution in [-0.2, 0) is 4.74 Å². The van der Waals surface area contributed by atoms with Gasteiger partial charge in [-0.25, -0.2) is 0 Å². The number of amides is 1. The molecule has 2 N–H and O–H groups in total. The summed E-state index contributed by atoms with van der Waals surface area (Å²) >= 11 is 6.03. The lowest BCUT2D eigenvalue weighted by Gasteiger charge is -2.21. The van der Waals surface area contributed by atoms with E-state index in [1.165, 1.54) is 0 Å². The van der Waals surface area contributed by atoms with E-state index < -0.39 is 0 Å². The molecular formula is C12H15ClN2O2. The fourth-order valence-electron chi connectivity index (χ4n) is 1.87. The number of nitrogens with zero attached hydrogens (tertiary/aromatic N) is 1. The normalized spacial score (nSPS) is 16.6. The highest BCUT2D eigenvalue weighted by Crippen LogP contribution is 2.23. The minimum Gasteiger partial charge on any atom is -0.398 e. The maximum absolute atomic E-state index is 12.3. The molecule has 0 aromatic heterocycles. The minimum absolute atomic E-state index is 0.112. The standard InChI is InChI=1S/C12H15ClN2O2/c13-9-3-1-4-10(14)11(9)12(16)15-5-2-7-17-8-6-15/h1,3-4H,2,5-8,14H2. The second-order valence-corrected chi connectivity index (χ2v) is 4.37. The predicted octanol–water partition coefficient (Wildman–Crippen LogP) is 1.78. The highest BCUT2D eigenvalue weighted by Gasteiger charge is 2.21. The van der Waals surface area contributed by atoms with Crippen molar-refractivity contribution in [2.75, 3.05) is 32.0 Å². The van der Waals surface area contributed by atoms with Gasteiger partial charge in [-0.15, -0.1) is 0 Å². The first-order chi connectivity index (χ1) is 8.20. The largest absolute Gasteiger partial charge is 0.398 e. The van der Waals surface area contributed by atoms with Gasteiger partial charge in [-0.3, -0.25) is 4.79 Å². The molecule has 1 heterocycles. The monoisotopic (exact) mass is 254 g/mol. The third-order valence-corrected chi connectivity index (χ3v) is 3.08. The molecule has 0 unspecified atom stereocenters. The molecular weight excluding hydrogens is 240 g/mol. The van der Waals surface area contributed by atoms with Gasteiger partial charge >= 0.3 is 0 Å². The second-order valence-electron chi connectivity index (χ2n) is 3.96. The Morgan fingerprint density at radius 3 is 2.94 bits per heavy atom. The van der Waals surface area contributed by atoms with E-state index in [1.807, 2.05) is 0 Å². The summed E-state index contributed by atoms with van der Waals surface area (Å²) in [7, 11) is 0. The van der Waals surface area contributed by atoms with E-state index in [1.54, 1.807) is 23.1 Å². The van der Waals surface area contributed by atoms with Crippen LogP contribution < -0.4 is 5.73 Å². The van der Waals surface area contributed by atoms with Crippen LogP contribution in [0, 0.1) is 0 Å². The van der Waals surface area contributed by atoms with Crippen molar-refractivity contribution in [2.24, 2.45) is 0 Å². The molecule has 17 heavy (non-hydrogen) atoms. The third kappa shape index (κ3) is 2.70. The van der Waals surface area contributed by atoms with Gasteiger partial charge in [0.2, 0.25) is 0 Å². The molecule has 1 aliphatic heterocycles. The molecule has 1 fully saturated rings. The number of hydrogen-bond donors (Lipinski definition) is 1. The fraction of sp³-hybridized carbons (Fsp3) is 0.417. The van der Waals surface area contributed by atoms with Gasteiger partial charge in [0.15, 0.2) is 0 Å². The Bertz CT molecular complexity index is 395. The van der Waals surface area contributed by atoms with Gasteiger partial charge in [0.05, 0.1) is 17.2 Å². The zero-order valence-electron chi connectivity index (χ0n) is 9.49. The molecule has 5 heteroatoms. The molecule has 1 saturated heterocycles. The predicted molar refractivity (Wildman–Crippen MR) is 67.2 cm³/mol. The number of hydrogen-bond acceptors (Lipinski definition) is 3. The highest BCUT2D eigenvalue weighted by atomic mass is 35.5. The number of rotatable bonds is 1. The van der Waals surface area contributed by atoms with Gasteiger partial charge in [0.25, 0.3) is 5.91 Å². The van der Waals surface area contributed by atoms with Gasteiger partial charge in [-0.1, -0.05) is 17.7 Å². The average Bonchev–Trinajstić information content (AvgIpc) is 2.57. The number of nitrogen functional groups attached to an aromatic ring is 1. The Morgan fingerprint density at radius 1 is 1.35 bits per heavy atom. The van der Waals surface area contributed by atoms with Gasteiger partial charge in [0, 0.05) is 25.4 Å². The van der Waals surface area contributed by atoms with E-state index in [0.29, 0.717) is 42.6 Å². The Hall–Kier alpha value is -1.26. The third-order valence-electron chi connectivity index (χ3n) is 2.77. The molecule has 0 atom stereocenters. The molecule has 0 saturated carbocycles. The van der Waals surface area contributed by atoms with E-state index >= 15 is 0 Å². The van der Waals surface area contributed by atoms with Gasteiger partial charge in [0.1, 0.15) is 0 Å². The topological polar surface area (TPSA) is 55.6 Å². The number of carbonyl (C=O) groups is 1. The molecule has 0 bridgehead atoms. The summed E-state index contributed by atoms with van der Waals surface area (Å²) in [6.45, 7) is 2.53. The lowest BCUT2D eigenvalue weighted by atomic mass is 10.1. The van der Waals surface area contributed by atoms with E-state index in [-0.39, 0.29) is 5.91 Å². The summed E-state index contributed by atoms with van der Waals surface area (Å²) < 4.78 is 5.31. The molecule has 1 aromatic rings. The summed E-state index contributed by atoms with van der Waals surface area (Å²) in [5, 5.41) is 0.403. The van der Waals surface area contributed by atoms with Crippen molar-refractivity contribution >= 4 is 23.2 Å². The van der Waals surface area contributed by atoms with Gasteiger partial charge < -0.3 is 15.4 Å². The van der Waals surface area contributed by atoms with Crippen molar-refractivity contribution in [3.05, 3.63) is 28.8 Å². The zero-order chi connectivity index (χ0) is 12.3. The van der Waals surface area contributed by atoms with Crippen molar-refractivity contribution < 1.29 is 9.53 Å². The molecule has 4 nitrogen and oxygen atoms in total. The summed E-state index contributed by atoms with van der Waals surface area (Å²) in [6.07, 6.45) is 0.843. The number of anilines is 1. The number of benzene rings is 1. The molecule has 92 valence electrons. The van der Waals surface area contributed by atoms with Crippen LogP contribution in [-0.4, -0.2) is 37.1 Å². The fourth-order valence-corrected chi connectivity index (χ4v) is 2.14. The van der Waals surface area contributed by atoms with Crippen LogP contribution in [0.25, 0.3) is 0 Å². The van der Waals surface area contributed by atoms with Crippen molar-refractivity contribution in [2.45, 2.75) is 6.42 Å². The minimum atomic E-state index is -0.112. The summed E-state index contributed by atoms with van der Waals surface area (Å²) in [4.78, 5) is 14.0. The van der Waals surface area contributed by atoms with E-state index in [2.05, 4.69) is 0 Å². The first-order valence-corrected chi connectivity index (χ1v) is 5.99. The number of halogens is 1. The molecule has 1 aromatic carbocycles. The molecule has 0 radical (unpaired) electrons. The maximum atomic E-state index is 12.3. The van der Waals surface area contributed by atoms with E-state index in [0.717, 1.165) is 6.42 Å². The number of carbonyl (C=O) groups excluding carboxylic acids is 1. The molecule has 1 aliphatic rings. The smallest absolute Gasteiger partial charge is 0.257 e. The van der Waals surface area contributed by atoms with Gasteiger partial charge in [-0.05, 0) is 18.6 Å². The Kier molecular flexibility index (Phi) is 3.86. The van der Waals surface area contributed by atoms with Crippen molar-refractivity contribution in [3.63, 3.8) is 0 Å². The maximum Gasteiger partial charge on any atom is 0.257 e. The molecule has 0 aliphatic carbocycles. The summed E-state index contributed by atoms with van der Waals surface area (Å²) in [5.74, 6) is -0.112. The SMILES string of the molecule is Nc1cccc(Cl)c1C(=O)N1CCCOCC1. The Morgan fingerprint density at radius 2 is 2.18 bits per heavy atom.